The SMILES string of the molecule is CCNC(=NCCCn1nc2n(c1=O)CCCC2)NCCCN1CCOCC1.I. The molecule has 1 aromatic rings. The normalized spacial score (nSPS) is 17.5. The maximum absolute atomic E-state index is 12.3. The number of aromatic nitrogens is 3. The van der Waals surface area contributed by atoms with Crippen LogP contribution in [0.3, 0.4) is 0 Å². The summed E-state index contributed by atoms with van der Waals surface area (Å²) in [6, 6.07) is 0. The van der Waals surface area contributed by atoms with Gasteiger partial charge in [-0.15, -0.1) is 24.0 Å². The average Bonchev–Trinajstić information content (AvgIpc) is 3.05. The van der Waals surface area contributed by atoms with Crippen molar-refractivity contribution in [2.75, 3.05) is 52.5 Å². The number of guanidine groups is 1. The van der Waals surface area contributed by atoms with E-state index in [-0.39, 0.29) is 29.7 Å². The number of rotatable bonds is 9. The maximum atomic E-state index is 12.3. The first-order chi connectivity index (χ1) is 13.8. The van der Waals surface area contributed by atoms with Crippen molar-refractivity contribution >= 4 is 29.9 Å². The molecule has 2 aliphatic rings. The van der Waals surface area contributed by atoms with Crippen molar-refractivity contribution in [2.45, 2.75) is 52.1 Å². The fourth-order valence-corrected chi connectivity index (χ4v) is 3.68. The van der Waals surface area contributed by atoms with Crippen LogP contribution in [0.1, 0.15) is 38.4 Å². The van der Waals surface area contributed by atoms with E-state index in [0.717, 1.165) is 96.4 Å². The molecule has 0 aliphatic carbocycles. The molecule has 1 fully saturated rings. The van der Waals surface area contributed by atoms with E-state index < -0.39 is 0 Å². The van der Waals surface area contributed by atoms with E-state index in [1.807, 2.05) is 4.57 Å². The highest BCUT2D eigenvalue weighted by molar-refractivity contribution is 14.0. The summed E-state index contributed by atoms with van der Waals surface area (Å²) in [6.07, 6.45) is 5.01. The number of aliphatic imine (C=N–C) groups is 1. The molecule has 0 bridgehead atoms. The number of halogens is 1. The van der Waals surface area contributed by atoms with E-state index in [1.165, 1.54) is 0 Å². The first-order valence-electron chi connectivity index (χ1n) is 10.8. The van der Waals surface area contributed by atoms with Gasteiger partial charge >= 0.3 is 5.69 Å². The zero-order valence-corrected chi connectivity index (χ0v) is 19.9. The molecule has 1 aromatic heterocycles. The summed E-state index contributed by atoms with van der Waals surface area (Å²) in [5, 5.41) is 11.2. The second-order valence-corrected chi connectivity index (χ2v) is 7.38. The lowest BCUT2D eigenvalue weighted by atomic mass is 10.2. The molecule has 0 spiro atoms. The predicted molar refractivity (Wildman–Crippen MR) is 125 cm³/mol. The molecule has 0 radical (unpaired) electrons. The highest BCUT2D eigenvalue weighted by atomic mass is 127. The highest BCUT2D eigenvalue weighted by Crippen LogP contribution is 2.09. The Kier molecular flexibility index (Phi) is 11.0. The van der Waals surface area contributed by atoms with Crippen molar-refractivity contribution in [1.29, 1.82) is 0 Å². The highest BCUT2D eigenvalue weighted by Gasteiger charge is 2.16. The summed E-state index contributed by atoms with van der Waals surface area (Å²) in [4.78, 5) is 19.4. The smallest absolute Gasteiger partial charge is 0.345 e. The fourth-order valence-electron chi connectivity index (χ4n) is 3.68. The van der Waals surface area contributed by atoms with Crippen LogP contribution in [0.4, 0.5) is 0 Å². The number of fused-ring (bicyclic) bond motifs is 1. The van der Waals surface area contributed by atoms with Crippen LogP contribution in [0.15, 0.2) is 9.79 Å². The summed E-state index contributed by atoms with van der Waals surface area (Å²) < 4.78 is 8.82. The second-order valence-electron chi connectivity index (χ2n) is 7.38. The summed E-state index contributed by atoms with van der Waals surface area (Å²) in [5.41, 5.74) is 0.0341. The molecule has 2 aliphatic heterocycles. The van der Waals surface area contributed by atoms with Gasteiger partial charge in [0.25, 0.3) is 0 Å². The molecular weight excluding hydrogens is 485 g/mol. The van der Waals surface area contributed by atoms with Gasteiger partial charge in [0, 0.05) is 52.2 Å². The van der Waals surface area contributed by atoms with Crippen LogP contribution in [0.25, 0.3) is 0 Å². The van der Waals surface area contributed by atoms with Gasteiger partial charge in [0.15, 0.2) is 5.96 Å². The third-order valence-corrected chi connectivity index (χ3v) is 5.22. The quantitative estimate of drug-likeness (QED) is 0.215. The van der Waals surface area contributed by atoms with Crippen LogP contribution < -0.4 is 16.3 Å². The third-order valence-electron chi connectivity index (χ3n) is 5.22. The Bertz CT molecular complexity index is 683. The molecule has 0 atom stereocenters. The molecule has 10 heteroatoms. The van der Waals surface area contributed by atoms with Gasteiger partial charge in [-0.3, -0.25) is 14.5 Å². The van der Waals surface area contributed by atoms with Gasteiger partial charge in [0.1, 0.15) is 5.82 Å². The third kappa shape index (κ3) is 7.56. The van der Waals surface area contributed by atoms with Crippen LogP contribution >= 0.6 is 24.0 Å². The number of hydrogen-bond donors (Lipinski definition) is 2. The Morgan fingerprint density at radius 2 is 1.97 bits per heavy atom. The Morgan fingerprint density at radius 3 is 2.72 bits per heavy atom. The van der Waals surface area contributed by atoms with E-state index in [2.05, 4.69) is 32.5 Å². The summed E-state index contributed by atoms with van der Waals surface area (Å²) in [6.45, 7) is 10.8. The standard InChI is InChI=1S/C19H35N7O2.HI/c1-2-20-18(21-8-5-10-24-13-15-28-16-14-24)22-9-6-12-26-19(27)25-11-4-3-7-17(25)23-26;/h2-16H2,1H3,(H2,20,21,22);1H. The maximum Gasteiger partial charge on any atom is 0.345 e. The van der Waals surface area contributed by atoms with Gasteiger partial charge in [-0.05, 0) is 39.2 Å². The Hall–Kier alpha value is -1.14. The summed E-state index contributed by atoms with van der Waals surface area (Å²) in [5.74, 6) is 1.79. The number of aryl methyl sites for hydroxylation is 2. The minimum Gasteiger partial charge on any atom is -0.379 e. The van der Waals surface area contributed by atoms with Crippen LogP contribution in [0, 0.1) is 0 Å². The number of nitrogens with zero attached hydrogens (tertiary/aromatic N) is 5. The first kappa shape index (κ1) is 24.1. The Labute approximate surface area is 190 Å². The van der Waals surface area contributed by atoms with Gasteiger partial charge in [0.05, 0.1) is 13.2 Å². The van der Waals surface area contributed by atoms with E-state index in [0.29, 0.717) is 13.1 Å². The molecule has 2 N–H and O–H groups in total. The topological polar surface area (TPSA) is 88.7 Å². The van der Waals surface area contributed by atoms with E-state index in [4.69, 9.17) is 4.74 Å². The average molecular weight is 521 g/mol. The van der Waals surface area contributed by atoms with Crippen molar-refractivity contribution in [3.63, 3.8) is 0 Å². The zero-order chi connectivity index (χ0) is 19.6. The van der Waals surface area contributed by atoms with Gasteiger partial charge in [-0.2, -0.15) is 5.10 Å². The zero-order valence-electron chi connectivity index (χ0n) is 17.6. The molecule has 3 heterocycles. The minimum atomic E-state index is 0. The Morgan fingerprint density at radius 1 is 1.14 bits per heavy atom. The van der Waals surface area contributed by atoms with Crippen molar-refractivity contribution in [1.82, 2.24) is 29.9 Å². The summed E-state index contributed by atoms with van der Waals surface area (Å²) >= 11 is 0. The molecule has 166 valence electrons. The number of nitrogens with one attached hydrogen (secondary N) is 2. The molecule has 9 nitrogen and oxygen atoms in total. The molecule has 0 saturated carbocycles. The number of morpholine rings is 1. The molecular formula is C19H36IN7O2. The van der Waals surface area contributed by atoms with Crippen LogP contribution in [0.5, 0.6) is 0 Å². The first-order valence-corrected chi connectivity index (χ1v) is 10.8. The largest absolute Gasteiger partial charge is 0.379 e. The second kappa shape index (κ2) is 13.2. The van der Waals surface area contributed by atoms with Crippen LogP contribution in [0.2, 0.25) is 0 Å². The molecule has 0 amide bonds. The van der Waals surface area contributed by atoms with Crippen molar-refractivity contribution in [3.05, 3.63) is 16.3 Å². The van der Waals surface area contributed by atoms with Crippen molar-refractivity contribution in [3.8, 4) is 0 Å². The van der Waals surface area contributed by atoms with E-state index in [9.17, 15) is 4.79 Å². The Balaban J connectivity index is 0.00000300. The molecule has 1 saturated heterocycles. The van der Waals surface area contributed by atoms with Gasteiger partial charge in [-0.25, -0.2) is 9.48 Å². The van der Waals surface area contributed by atoms with Crippen molar-refractivity contribution in [2.24, 2.45) is 4.99 Å². The minimum absolute atomic E-state index is 0. The fraction of sp³-hybridized carbons (Fsp3) is 0.842. The van der Waals surface area contributed by atoms with Crippen LogP contribution in [-0.4, -0.2) is 77.7 Å². The lowest BCUT2D eigenvalue weighted by Crippen LogP contribution is -2.40. The monoisotopic (exact) mass is 521 g/mol. The molecule has 0 unspecified atom stereocenters. The van der Waals surface area contributed by atoms with Gasteiger partial charge in [-0.1, -0.05) is 0 Å². The lowest BCUT2D eigenvalue weighted by Gasteiger charge is -2.26. The number of ether oxygens (including phenoxy) is 1. The van der Waals surface area contributed by atoms with E-state index >= 15 is 0 Å². The molecule has 29 heavy (non-hydrogen) atoms. The number of hydrogen-bond acceptors (Lipinski definition) is 5. The van der Waals surface area contributed by atoms with Crippen molar-refractivity contribution < 1.29 is 4.74 Å². The predicted octanol–water partition coefficient (Wildman–Crippen LogP) is 0.667. The summed E-state index contributed by atoms with van der Waals surface area (Å²) in [7, 11) is 0. The molecule has 0 aromatic carbocycles. The van der Waals surface area contributed by atoms with Gasteiger partial charge < -0.3 is 15.4 Å². The van der Waals surface area contributed by atoms with Crippen LogP contribution in [-0.2, 0) is 24.2 Å². The van der Waals surface area contributed by atoms with E-state index in [1.54, 1.807) is 4.68 Å². The molecule has 3 rings (SSSR count). The lowest BCUT2D eigenvalue weighted by molar-refractivity contribution is 0.0376. The van der Waals surface area contributed by atoms with Gasteiger partial charge in [0.2, 0.25) is 0 Å².